The van der Waals surface area contributed by atoms with Gasteiger partial charge >= 0.3 is 0 Å². The molecular formula is C19H19N3O. The van der Waals surface area contributed by atoms with Crippen molar-refractivity contribution in [1.82, 2.24) is 9.97 Å². The van der Waals surface area contributed by atoms with E-state index < -0.39 is 0 Å². The highest BCUT2D eigenvalue weighted by Gasteiger charge is 2.22. The van der Waals surface area contributed by atoms with Crippen LogP contribution in [0, 0.1) is 13.8 Å². The molecule has 1 aliphatic rings. The lowest BCUT2D eigenvalue weighted by Gasteiger charge is -2.28. The molecule has 0 aliphatic carbocycles. The molecule has 1 aliphatic heterocycles. The molecule has 3 aromatic rings. The third kappa shape index (κ3) is 2.61. The average Bonchev–Trinajstić information content (AvgIpc) is 2.56. The molecule has 0 fully saturated rings. The van der Waals surface area contributed by atoms with E-state index in [9.17, 15) is 0 Å². The van der Waals surface area contributed by atoms with Gasteiger partial charge in [0.05, 0.1) is 29.4 Å². The Bertz CT molecular complexity index is 876. The molecule has 23 heavy (non-hydrogen) atoms. The Kier molecular flexibility index (Phi) is 3.37. The standard InChI is InChI=1S/C19H19N3O/c1-12-7-8-18-14(11-12)15(9-10-23-18)21-19-13(2)20-16-5-3-4-6-17(16)22-19/h3-8,11,15H,9-10H2,1-2H3,(H,21,22). The monoisotopic (exact) mass is 305 g/mol. The Balaban J connectivity index is 1.72. The Morgan fingerprint density at radius 1 is 1.04 bits per heavy atom. The van der Waals surface area contributed by atoms with Crippen molar-refractivity contribution >= 4 is 16.9 Å². The summed E-state index contributed by atoms with van der Waals surface area (Å²) in [6, 6.07) is 14.5. The lowest BCUT2D eigenvalue weighted by atomic mass is 9.98. The topological polar surface area (TPSA) is 47.0 Å². The van der Waals surface area contributed by atoms with Crippen LogP contribution in [0.3, 0.4) is 0 Å². The quantitative estimate of drug-likeness (QED) is 0.771. The van der Waals surface area contributed by atoms with Crippen molar-refractivity contribution in [1.29, 1.82) is 0 Å². The first-order valence-electron chi connectivity index (χ1n) is 7.94. The second kappa shape index (κ2) is 5.54. The van der Waals surface area contributed by atoms with Crippen LogP contribution in [0.1, 0.15) is 29.3 Å². The van der Waals surface area contributed by atoms with Gasteiger partial charge in [0, 0.05) is 12.0 Å². The average molecular weight is 305 g/mol. The number of para-hydroxylation sites is 2. The van der Waals surface area contributed by atoms with Crippen molar-refractivity contribution in [2.45, 2.75) is 26.3 Å². The first-order valence-corrected chi connectivity index (χ1v) is 7.94. The van der Waals surface area contributed by atoms with Crippen LogP contribution in [0.15, 0.2) is 42.5 Å². The maximum Gasteiger partial charge on any atom is 0.148 e. The van der Waals surface area contributed by atoms with Gasteiger partial charge in [-0.05, 0) is 32.0 Å². The Labute approximate surface area is 135 Å². The zero-order valence-corrected chi connectivity index (χ0v) is 13.3. The highest BCUT2D eigenvalue weighted by Crippen LogP contribution is 2.35. The molecular weight excluding hydrogens is 286 g/mol. The normalized spacial score (nSPS) is 16.7. The van der Waals surface area contributed by atoms with E-state index in [1.165, 1.54) is 11.1 Å². The molecule has 0 radical (unpaired) electrons. The Morgan fingerprint density at radius 2 is 1.83 bits per heavy atom. The van der Waals surface area contributed by atoms with E-state index in [0.29, 0.717) is 6.61 Å². The van der Waals surface area contributed by atoms with Crippen molar-refractivity contribution in [2.75, 3.05) is 11.9 Å². The summed E-state index contributed by atoms with van der Waals surface area (Å²) in [6.45, 7) is 4.82. The maximum atomic E-state index is 5.77. The van der Waals surface area contributed by atoms with Gasteiger partial charge in [0.15, 0.2) is 0 Å². The van der Waals surface area contributed by atoms with E-state index in [0.717, 1.165) is 34.7 Å². The molecule has 0 saturated carbocycles. The highest BCUT2D eigenvalue weighted by molar-refractivity contribution is 5.76. The summed E-state index contributed by atoms with van der Waals surface area (Å²) in [5, 5.41) is 3.57. The molecule has 1 aromatic heterocycles. The van der Waals surface area contributed by atoms with Crippen LogP contribution < -0.4 is 10.1 Å². The van der Waals surface area contributed by atoms with Crippen molar-refractivity contribution in [3.63, 3.8) is 0 Å². The van der Waals surface area contributed by atoms with E-state index in [1.54, 1.807) is 0 Å². The fraction of sp³-hybridized carbons (Fsp3) is 0.263. The first-order chi connectivity index (χ1) is 11.2. The van der Waals surface area contributed by atoms with Crippen LogP contribution in [0.4, 0.5) is 5.82 Å². The fourth-order valence-corrected chi connectivity index (χ4v) is 3.05. The number of fused-ring (bicyclic) bond motifs is 2. The lowest BCUT2D eigenvalue weighted by molar-refractivity contribution is 0.274. The van der Waals surface area contributed by atoms with Crippen LogP contribution in [0.5, 0.6) is 5.75 Å². The van der Waals surface area contributed by atoms with Gasteiger partial charge in [0.1, 0.15) is 11.6 Å². The SMILES string of the molecule is Cc1ccc2c(c1)C(Nc1nc3ccccc3nc1C)CCO2. The number of ether oxygens (including phenoxy) is 1. The Hall–Kier alpha value is -2.62. The minimum atomic E-state index is 0.202. The van der Waals surface area contributed by atoms with E-state index in [-0.39, 0.29) is 6.04 Å². The predicted molar refractivity (Wildman–Crippen MR) is 91.9 cm³/mol. The van der Waals surface area contributed by atoms with E-state index in [1.807, 2.05) is 31.2 Å². The zero-order chi connectivity index (χ0) is 15.8. The summed E-state index contributed by atoms with van der Waals surface area (Å²) in [7, 11) is 0. The molecule has 0 bridgehead atoms. The lowest BCUT2D eigenvalue weighted by Crippen LogP contribution is -2.21. The van der Waals surface area contributed by atoms with Gasteiger partial charge in [-0.1, -0.05) is 29.8 Å². The van der Waals surface area contributed by atoms with E-state index in [4.69, 9.17) is 9.72 Å². The molecule has 0 saturated heterocycles. The zero-order valence-electron chi connectivity index (χ0n) is 13.3. The maximum absolute atomic E-state index is 5.77. The summed E-state index contributed by atoms with van der Waals surface area (Å²) in [5.41, 5.74) is 5.20. The van der Waals surface area contributed by atoms with Crippen LogP contribution in [0.2, 0.25) is 0 Å². The Morgan fingerprint density at radius 3 is 2.65 bits per heavy atom. The predicted octanol–water partition coefficient (Wildman–Crippen LogP) is 4.18. The highest BCUT2D eigenvalue weighted by atomic mass is 16.5. The van der Waals surface area contributed by atoms with Crippen molar-refractivity contribution in [3.05, 3.63) is 59.3 Å². The number of nitrogens with zero attached hydrogens (tertiary/aromatic N) is 2. The van der Waals surface area contributed by atoms with Gasteiger partial charge in [-0.2, -0.15) is 0 Å². The molecule has 2 aromatic carbocycles. The van der Waals surface area contributed by atoms with Crippen LogP contribution in [-0.2, 0) is 0 Å². The molecule has 0 spiro atoms. The summed E-state index contributed by atoms with van der Waals surface area (Å²) in [4.78, 5) is 9.41. The van der Waals surface area contributed by atoms with Crippen LogP contribution in [0.25, 0.3) is 11.0 Å². The minimum Gasteiger partial charge on any atom is -0.493 e. The van der Waals surface area contributed by atoms with Crippen molar-refractivity contribution in [2.24, 2.45) is 0 Å². The van der Waals surface area contributed by atoms with E-state index >= 15 is 0 Å². The van der Waals surface area contributed by atoms with Gasteiger partial charge in [0.2, 0.25) is 0 Å². The van der Waals surface area contributed by atoms with Gasteiger partial charge in [-0.3, -0.25) is 0 Å². The fourth-order valence-electron chi connectivity index (χ4n) is 3.05. The minimum absolute atomic E-state index is 0.202. The molecule has 1 atom stereocenters. The largest absolute Gasteiger partial charge is 0.493 e. The number of hydrogen-bond acceptors (Lipinski definition) is 4. The molecule has 2 heterocycles. The number of rotatable bonds is 2. The first kappa shape index (κ1) is 14.0. The number of aromatic nitrogens is 2. The van der Waals surface area contributed by atoms with Gasteiger partial charge in [0.25, 0.3) is 0 Å². The summed E-state index contributed by atoms with van der Waals surface area (Å²) in [6.07, 6.45) is 0.921. The number of nitrogens with one attached hydrogen (secondary N) is 1. The summed E-state index contributed by atoms with van der Waals surface area (Å²) < 4.78 is 5.77. The summed E-state index contributed by atoms with van der Waals surface area (Å²) in [5.74, 6) is 1.81. The van der Waals surface area contributed by atoms with Crippen LogP contribution in [-0.4, -0.2) is 16.6 Å². The van der Waals surface area contributed by atoms with E-state index in [2.05, 4.69) is 35.4 Å². The number of aryl methyl sites for hydroxylation is 2. The third-order valence-corrected chi connectivity index (χ3v) is 4.26. The van der Waals surface area contributed by atoms with Gasteiger partial charge in [-0.15, -0.1) is 0 Å². The van der Waals surface area contributed by atoms with Crippen molar-refractivity contribution < 1.29 is 4.74 Å². The molecule has 1 unspecified atom stereocenters. The third-order valence-electron chi connectivity index (χ3n) is 4.26. The number of anilines is 1. The molecule has 116 valence electrons. The second-order valence-corrected chi connectivity index (χ2v) is 6.02. The molecule has 4 heteroatoms. The molecule has 1 N–H and O–H groups in total. The van der Waals surface area contributed by atoms with Crippen molar-refractivity contribution in [3.8, 4) is 5.75 Å². The molecule has 0 amide bonds. The summed E-state index contributed by atoms with van der Waals surface area (Å²) >= 11 is 0. The number of benzene rings is 2. The van der Waals surface area contributed by atoms with Gasteiger partial charge < -0.3 is 10.1 Å². The number of hydrogen-bond donors (Lipinski definition) is 1. The molecule has 4 rings (SSSR count). The smallest absolute Gasteiger partial charge is 0.148 e. The van der Waals surface area contributed by atoms with Crippen LogP contribution >= 0.6 is 0 Å². The molecule has 4 nitrogen and oxygen atoms in total. The second-order valence-electron chi connectivity index (χ2n) is 6.02. The van der Waals surface area contributed by atoms with Gasteiger partial charge in [-0.25, -0.2) is 9.97 Å².